The zero-order chi connectivity index (χ0) is 24.1. The first-order chi connectivity index (χ1) is 14.9. The van der Waals surface area contributed by atoms with Crippen LogP contribution in [0.1, 0.15) is 20.7 Å². The fourth-order valence-electron chi connectivity index (χ4n) is 2.26. The topological polar surface area (TPSA) is 144 Å². The second-order valence-corrected chi connectivity index (χ2v) is 8.76. The van der Waals surface area contributed by atoms with Crippen molar-refractivity contribution >= 4 is 45.0 Å². The quantitative estimate of drug-likeness (QED) is 0.307. The van der Waals surface area contributed by atoms with E-state index in [1.165, 1.54) is 18.2 Å². The minimum atomic E-state index is -3.73. The number of aromatic nitrogens is 2. The molecular formula is C19H13Cl2FN2O7S. The molecule has 2 aromatic carbocycles. The number of carboxylic acid groups (broad SMARTS) is 1. The number of carbonyl (C=O) groups excluding carboxylic acids is 1. The largest absolute Gasteiger partial charge is 0.478 e. The van der Waals surface area contributed by atoms with E-state index in [1.807, 2.05) is 0 Å². The predicted molar refractivity (Wildman–Crippen MR) is 112 cm³/mol. The third-order valence-electron chi connectivity index (χ3n) is 3.66. The normalized spacial score (nSPS) is 10.7. The van der Waals surface area contributed by atoms with Crippen LogP contribution in [-0.2, 0) is 14.7 Å². The predicted octanol–water partition coefficient (Wildman–Crippen LogP) is 4.01. The first-order valence-electron chi connectivity index (χ1n) is 8.31. The van der Waals surface area contributed by atoms with Gasteiger partial charge in [-0.05, 0) is 36.4 Å². The average Bonchev–Trinajstić information content (AvgIpc) is 2.72. The smallest absolute Gasteiger partial charge is 0.372 e. The minimum Gasteiger partial charge on any atom is -0.478 e. The van der Waals surface area contributed by atoms with Crippen LogP contribution in [0.2, 0.25) is 10.0 Å². The van der Waals surface area contributed by atoms with Gasteiger partial charge in [0.25, 0.3) is 0 Å². The molecule has 0 aliphatic rings. The van der Waals surface area contributed by atoms with Crippen LogP contribution in [0.4, 0.5) is 4.39 Å². The van der Waals surface area contributed by atoms with Gasteiger partial charge in [-0.2, -0.15) is 5.26 Å². The SMILES string of the molecule is CS(=O)(=O)c1ncc(C(=O)O)c(-c2ccc(F)cc2Cl)n1.O=C(OO)c1cccc(Cl)c1. The van der Waals surface area contributed by atoms with Crippen LogP contribution >= 0.6 is 23.2 Å². The number of carboxylic acids is 1. The number of hydrogen-bond acceptors (Lipinski definition) is 8. The number of rotatable bonds is 4. The average molecular weight is 503 g/mol. The zero-order valence-electron chi connectivity index (χ0n) is 16.0. The highest BCUT2D eigenvalue weighted by Gasteiger charge is 2.21. The maximum absolute atomic E-state index is 13.1. The van der Waals surface area contributed by atoms with Gasteiger partial charge in [-0.25, -0.2) is 32.4 Å². The Morgan fingerprint density at radius 1 is 1.12 bits per heavy atom. The van der Waals surface area contributed by atoms with E-state index in [1.54, 1.807) is 12.1 Å². The number of aromatic carboxylic acids is 1. The minimum absolute atomic E-state index is 0.0874. The Balaban J connectivity index is 0.000000278. The van der Waals surface area contributed by atoms with Gasteiger partial charge in [-0.1, -0.05) is 29.3 Å². The molecule has 1 aromatic heterocycles. The van der Waals surface area contributed by atoms with Crippen molar-refractivity contribution in [3.05, 3.63) is 75.7 Å². The number of halogens is 3. The van der Waals surface area contributed by atoms with E-state index in [-0.39, 0.29) is 27.4 Å². The van der Waals surface area contributed by atoms with Gasteiger partial charge in [0.05, 0.1) is 16.3 Å². The number of nitrogens with zero attached hydrogens (tertiary/aromatic N) is 2. The van der Waals surface area contributed by atoms with Crippen LogP contribution in [0.5, 0.6) is 0 Å². The molecule has 1 heterocycles. The molecule has 0 fully saturated rings. The summed E-state index contributed by atoms with van der Waals surface area (Å²) in [7, 11) is -3.73. The van der Waals surface area contributed by atoms with Gasteiger partial charge in [0.1, 0.15) is 11.4 Å². The Bertz CT molecular complexity index is 1290. The zero-order valence-corrected chi connectivity index (χ0v) is 18.3. The first-order valence-corrected chi connectivity index (χ1v) is 11.0. The lowest BCUT2D eigenvalue weighted by atomic mass is 10.1. The van der Waals surface area contributed by atoms with Crippen LogP contribution < -0.4 is 0 Å². The van der Waals surface area contributed by atoms with Crippen molar-refractivity contribution in [2.75, 3.05) is 6.26 Å². The molecule has 0 saturated heterocycles. The molecule has 0 atom stereocenters. The Morgan fingerprint density at radius 2 is 1.81 bits per heavy atom. The summed E-state index contributed by atoms with van der Waals surface area (Å²) in [5.41, 5.74) is -0.207. The highest BCUT2D eigenvalue weighted by molar-refractivity contribution is 7.90. The third-order valence-corrected chi connectivity index (χ3v) is 5.07. The number of hydrogen-bond donors (Lipinski definition) is 2. The molecule has 2 N–H and O–H groups in total. The maximum Gasteiger partial charge on any atom is 0.372 e. The van der Waals surface area contributed by atoms with Gasteiger partial charge in [-0.15, -0.1) is 0 Å². The Morgan fingerprint density at radius 3 is 2.34 bits per heavy atom. The van der Waals surface area contributed by atoms with Gasteiger partial charge in [0, 0.05) is 23.0 Å². The molecule has 0 aliphatic carbocycles. The number of sulfone groups is 1. The van der Waals surface area contributed by atoms with Crippen LogP contribution in [0, 0.1) is 5.82 Å². The summed E-state index contributed by atoms with van der Waals surface area (Å²) >= 11 is 11.4. The lowest BCUT2D eigenvalue weighted by Gasteiger charge is -2.08. The summed E-state index contributed by atoms with van der Waals surface area (Å²) in [6.45, 7) is 0. The van der Waals surface area contributed by atoms with Gasteiger partial charge < -0.3 is 5.11 Å². The lowest BCUT2D eigenvalue weighted by molar-refractivity contribution is -0.182. The number of benzene rings is 2. The van der Waals surface area contributed by atoms with E-state index in [0.29, 0.717) is 5.02 Å². The van der Waals surface area contributed by atoms with Crippen molar-refractivity contribution in [3.8, 4) is 11.3 Å². The fraction of sp³-hybridized carbons (Fsp3) is 0.0526. The molecule has 0 radical (unpaired) electrons. The van der Waals surface area contributed by atoms with E-state index in [9.17, 15) is 22.4 Å². The second kappa shape index (κ2) is 10.5. The van der Waals surface area contributed by atoms with Crippen molar-refractivity contribution in [2.45, 2.75) is 5.16 Å². The van der Waals surface area contributed by atoms with Crippen molar-refractivity contribution in [1.82, 2.24) is 9.97 Å². The van der Waals surface area contributed by atoms with Crippen molar-refractivity contribution in [1.29, 1.82) is 0 Å². The summed E-state index contributed by atoms with van der Waals surface area (Å²) < 4.78 is 36.0. The summed E-state index contributed by atoms with van der Waals surface area (Å²) in [6, 6.07) is 9.37. The first kappa shape index (κ1) is 25.1. The molecule has 0 spiro atoms. The van der Waals surface area contributed by atoms with Crippen LogP contribution in [0.25, 0.3) is 11.3 Å². The van der Waals surface area contributed by atoms with E-state index >= 15 is 0 Å². The molecule has 3 aromatic rings. The van der Waals surface area contributed by atoms with Crippen LogP contribution in [-0.4, -0.2) is 46.9 Å². The second-order valence-electron chi connectivity index (χ2n) is 6.01. The summed E-state index contributed by atoms with van der Waals surface area (Å²) in [5, 5.41) is 16.9. The number of carbonyl (C=O) groups is 2. The van der Waals surface area contributed by atoms with E-state index < -0.39 is 32.7 Å². The highest BCUT2D eigenvalue weighted by atomic mass is 35.5. The highest BCUT2D eigenvalue weighted by Crippen LogP contribution is 2.30. The van der Waals surface area contributed by atoms with Gasteiger partial charge in [-0.3, -0.25) is 4.89 Å². The van der Waals surface area contributed by atoms with Crippen molar-refractivity contribution in [2.24, 2.45) is 0 Å². The Labute approximate surface area is 190 Å². The summed E-state index contributed by atoms with van der Waals surface area (Å²) in [5.74, 6) is -2.78. The molecule has 0 amide bonds. The third kappa shape index (κ3) is 6.44. The lowest BCUT2D eigenvalue weighted by Crippen LogP contribution is -2.10. The molecule has 0 unspecified atom stereocenters. The van der Waals surface area contributed by atoms with Crippen LogP contribution in [0.15, 0.2) is 53.8 Å². The van der Waals surface area contributed by atoms with E-state index in [0.717, 1.165) is 24.6 Å². The van der Waals surface area contributed by atoms with E-state index in [4.69, 9.17) is 33.6 Å². The van der Waals surface area contributed by atoms with Gasteiger partial charge in [0.2, 0.25) is 15.0 Å². The molecule has 0 aliphatic heterocycles. The van der Waals surface area contributed by atoms with E-state index in [2.05, 4.69) is 14.9 Å². The molecule has 13 heteroatoms. The van der Waals surface area contributed by atoms with Gasteiger partial charge in [0.15, 0.2) is 0 Å². The summed E-state index contributed by atoms with van der Waals surface area (Å²) in [6.07, 6.45) is 1.76. The molecule has 0 bridgehead atoms. The fourth-order valence-corrected chi connectivity index (χ4v) is 3.20. The Hall–Kier alpha value is -3.12. The standard InChI is InChI=1S/C12H8ClFN2O4S.C7H5ClO3/c1-21(19,20)12-15-5-8(11(17)18)10(16-12)7-3-2-6(14)4-9(7)13;8-6-3-1-2-5(4-6)7(9)11-10/h2-5H,1H3,(H,17,18);1-4,10H. The monoisotopic (exact) mass is 502 g/mol. The maximum atomic E-state index is 13.1. The molecule has 168 valence electrons. The van der Waals surface area contributed by atoms with Crippen LogP contribution in [0.3, 0.4) is 0 Å². The molecular weight excluding hydrogens is 490 g/mol. The molecule has 0 saturated carbocycles. The molecule has 9 nitrogen and oxygen atoms in total. The van der Waals surface area contributed by atoms with Crippen molar-refractivity contribution in [3.63, 3.8) is 0 Å². The van der Waals surface area contributed by atoms with Crippen molar-refractivity contribution < 1.29 is 37.6 Å². The summed E-state index contributed by atoms with van der Waals surface area (Å²) in [4.78, 5) is 32.6. The Kier molecular flexibility index (Phi) is 8.22. The van der Waals surface area contributed by atoms with Gasteiger partial charge >= 0.3 is 11.9 Å². The molecule has 32 heavy (non-hydrogen) atoms. The molecule has 3 rings (SSSR count).